The van der Waals surface area contributed by atoms with Crippen LogP contribution in [0.4, 0.5) is 4.79 Å². The highest BCUT2D eigenvalue weighted by Gasteiger charge is 2.46. The highest BCUT2D eigenvalue weighted by atomic mass is 16.6. The second-order valence-corrected chi connectivity index (χ2v) is 8.97. The van der Waals surface area contributed by atoms with Gasteiger partial charge in [0, 0.05) is 24.9 Å². The Morgan fingerprint density at radius 2 is 1.77 bits per heavy atom. The van der Waals surface area contributed by atoms with Crippen molar-refractivity contribution in [2.45, 2.75) is 50.9 Å². The van der Waals surface area contributed by atoms with Crippen LogP contribution in [-0.4, -0.2) is 28.2 Å². The molecule has 162 valence electrons. The first-order chi connectivity index (χ1) is 14.8. The molecule has 2 aromatic carbocycles. The summed E-state index contributed by atoms with van der Waals surface area (Å²) in [6, 6.07) is 19.7. The number of cyclic esters (lactones) is 1. The minimum atomic E-state index is -0.965. The maximum atomic E-state index is 13.1. The van der Waals surface area contributed by atoms with Crippen LogP contribution in [0.2, 0.25) is 0 Å². The van der Waals surface area contributed by atoms with E-state index >= 15 is 0 Å². The number of carbonyl (C=O) groups is 1. The van der Waals surface area contributed by atoms with E-state index in [0.29, 0.717) is 19.4 Å². The number of rotatable bonds is 6. The summed E-state index contributed by atoms with van der Waals surface area (Å²) < 4.78 is 11.2. The molecule has 0 unspecified atom stereocenters. The van der Waals surface area contributed by atoms with Gasteiger partial charge in [0.05, 0.1) is 24.2 Å². The van der Waals surface area contributed by atoms with Gasteiger partial charge in [-0.1, -0.05) is 54.6 Å². The summed E-state index contributed by atoms with van der Waals surface area (Å²) in [5.74, 6) is 0. The third-order valence-corrected chi connectivity index (χ3v) is 6.01. The van der Waals surface area contributed by atoms with Crippen molar-refractivity contribution >= 4 is 6.09 Å². The lowest BCUT2D eigenvalue weighted by atomic mass is 9.80. The normalized spacial score (nSPS) is 20.4. The fourth-order valence-electron chi connectivity index (χ4n) is 4.45. The average Bonchev–Trinajstić information content (AvgIpc) is 3.28. The Labute approximate surface area is 183 Å². The molecule has 0 saturated carbocycles. The topological polar surface area (TPSA) is 62.9 Å². The molecule has 2 heterocycles. The third kappa shape index (κ3) is 4.52. The summed E-state index contributed by atoms with van der Waals surface area (Å²) in [4.78, 5) is 14.9. The van der Waals surface area contributed by atoms with Crippen molar-refractivity contribution in [2.24, 2.45) is 0 Å². The molecule has 1 aliphatic heterocycles. The van der Waals surface area contributed by atoms with Crippen LogP contribution in [0, 0.1) is 0 Å². The largest absolute Gasteiger partial charge is 0.472 e. The number of ether oxygens (including phenoxy) is 1. The van der Waals surface area contributed by atoms with Gasteiger partial charge in [-0.05, 0) is 43.5 Å². The van der Waals surface area contributed by atoms with Gasteiger partial charge in [0.15, 0.2) is 0 Å². The number of hydrogen-bond donors (Lipinski definition) is 1. The number of carbonyl (C=O) groups excluding carboxylic acids is 1. The van der Waals surface area contributed by atoms with E-state index < -0.39 is 11.2 Å². The number of aliphatic hydroxyl groups is 1. The third-order valence-electron chi connectivity index (χ3n) is 6.01. The SMILES string of the molecule is C[C@@H](c1ccc(-c2ccoc2)cc1)N1CC[C@](CC(C)(C)O)(c2ccccc2)OC1=O. The molecule has 5 heteroatoms. The van der Waals surface area contributed by atoms with Crippen LogP contribution in [0.1, 0.15) is 50.8 Å². The molecule has 1 aromatic heterocycles. The van der Waals surface area contributed by atoms with Gasteiger partial charge in [0.25, 0.3) is 0 Å². The molecule has 0 aliphatic carbocycles. The van der Waals surface area contributed by atoms with E-state index in [0.717, 1.165) is 22.3 Å². The van der Waals surface area contributed by atoms with Crippen molar-refractivity contribution < 1.29 is 19.1 Å². The van der Waals surface area contributed by atoms with Crippen molar-refractivity contribution in [1.29, 1.82) is 0 Å². The number of amides is 1. The van der Waals surface area contributed by atoms with Crippen molar-refractivity contribution in [2.75, 3.05) is 6.54 Å². The van der Waals surface area contributed by atoms with Gasteiger partial charge in [0.2, 0.25) is 0 Å². The van der Waals surface area contributed by atoms with Crippen molar-refractivity contribution in [1.82, 2.24) is 4.90 Å². The van der Waals surface area contributed by atoms with Crippen LogP contribution in [0.5, 0.6) is 0 Å². The fourth-order valence-corrected chi connectivity index (χ4v) is 4.45. The van der Waals surface area contributed by atoms with Gasteiger partial charge < -0.3 is 19.2 Å². The smallest absolute Gasteiger partial charge is 0.411 e. The minimum Gasteiger partial charge on any atom is -0.472 e. The molecule has 1 fully saturated rings. The first-order valence-corrected chi connectivity index (χ1v) is 10.7. The van der Waals surface area contributed by atoms with E-state index in [2.05, 4.69) is 0 Å². The predicted octanol–water partition coefficient (Wildman–Crippen LogP) is 5.91. The van der Waals surface area contributed by atoms with Gasteiger partial charge in [-0.2, -0.15) is 0 Å². The van der Waals surface area contributed by atoms with E-state index in [1.54, 1.807) is 31.3 Å². The number of nitrogens with zero attached hydrogens (tertiary/aromatic N) is 1. The molecule has 4 rings (SSSR count). The second kappa shape index (κ2) is 8.23. The highest BCUT2D eigenvalue weighted by molar-refractivity contribution is 5.70. The molecule has 1 amide bonds. The van der Waals surface area contributed by atoms with Gasteiger partial charge in [-0.15, -0.1) is 0 Å². The zero-order chi connectivity index (χ0) is 22.1. The lowest BCUT2D eigenvalue weighted by Crippen LogP contribution is -2.51. The van der Waals surface area contributed by atoms with Crippen LogP contribution in [0.15, 0.2) is 77.6 Å². The van der Waals surface area contributed by atoms with E-state index in [9.17, 15) is 9.90 Å². The zero-order valence-electron chi connectivity index (χ0n) is 18.2. The first-order valence-electron chi connectivity index (χ1n) is 10.7. The standard InChI is InChI=1S/C26H29NO4/c1-19(20-9-11-21(12-10-20)22-13-16-30-17-22)27-15-14-26(31-24(27)28,18-25(2,3)29)23-7-5-4-6-8-23/h4-13,16-17,19,29H,14-15,18H2,1-3H3/t19-,26-/m0/s1. The number of furan rings is 1. The van der Waals surface area contributed by atoms with Crippen molar-refractivity contribution in [3.63, 3.8) is 0 Å². The molecule has 0 spiro atoms. The Morgan fingerprint density at radius 3 is 2.35 bits per heavy atom. The van der Waals surface area contributed by atoms with Gasteiger partial charge >= 0.3 is 6.09 Å². The summed E-state index contributed by atoms with van der Waals surface area (Å²) in [5.41, 5.74) is 2.25. The minimum absolute atomic E-state index is 0.123. The van der Waals surface area contributed by atoms with Crippen LogP contribution in [0.3, 0.4) is 0 Å². The van der Waals surface area contributed by atoms with Crippen LogP contribution < -0.4 is 0 Å². The van der Waals surface area contributed by atoms with Crippen molar-refractivity contribution in [3.05, 3.63) is 84.3 Å². The molecule has 31 heavy (non-hydrogen) atoms. The Kier molecular flexibility index (Phi) is 5.63. The summed E-state index contributed by atoms with van der Waals surface area (Å²) in [6.45, 7) is 6.07. The van der Waals surface area contributed by atoms with Crippen LogP contribution in [-0.2, 0) is 10.3 Å². The molecule has 1 N–H and O–H groups in total. The lowest BCUT2D eigenvalue weighted by molar-refractivity contribution is -0.101. The Bertz CT molecular complexity index is 1010. The van der Waals surface area contributed by atoms with E-state index in [1.807, 2.05) is 67.6 Å². The molecule has 3 aromatic rings. The van der Waals surface area contributed by atoms with E-state index in [1.165, 1.54) is 0 Å². The summed E-state index contributed by atoms with van der Waals surface area (Å²) >= 11 is 0. The molecular formula is C26H29NO4. The quantitative estimate of drug-likeness (QED) is 0.540. The first kappa shape index (κ1) is 21.2. The number of benzene rings is 2. The van der Waals surface area contributed by atoms with E-state index in [-0.39, 0.29) is 12.1 Å². The number of hydrogen-bond acceptors (Lipinski definition) is 4. The maximum absolute atomic E-state index is 13.1. The predicted molar refractivity (Wildman–Crippen MR) is 119 cm³/mol. The lowest BCUT2D eigenvalue weighted by Gasteiger charge is -2.45. The molecular weight excluding hydrogens is 390 g/mol. The molecule has 2 atom stereocenters. The maximum Gasteiger partial charge on any atom is 0.411 e. The average molecular weight is 420 g/mol. The van der Waals surface area contributed by atoms with Crippen LogP contribution in [0.25, 0.3) is 11.1 Å². The second-order valence-electron chi connectivity index (χ2n) is 8.97. The molecule has 0 bridgehead atoms. The van der Waals surface area contributed by atoms with Crippen LogP contribution >= 0.6 is 0 Å². The molecule has 1 aliphatic rings. The van der Waals surface area contributed by atoms with Crippen molar-refractivity contribution in [3.8, 4) is 11.1 Å². The Balaban J connectivity index is 1.54. The molecule has 1 saturated heterocycles. The highest BCUT2D eigenvalue weighted by Crippen LogP contribution is 2.42. The van der Waals surface area contributed by atoms with Gasteiger partial charge in [-0.3, -0.25) is 0 Å². The molecule has 5 nitrogen and oxygen atoms in total. The summed E-state index contributed by atoms with van der Waals surface area (Å²) in [5, 5.41) is 10.5. The van der Waals surface area contributed by atoms with Gasteiger partial charge in [-0.25, -0.2) is 4.79 Å². The Hall–Kier alpha value is -3.05. The van der Waals surface area contributed by atoms with E-state index in [4.69, 9.17) is 9.15 Å². The monoisotopic (exact) mass is 419 g/mol. The zero-order valence-corrected chi connectivity index (χ0v) is 18.2. The summed E-state index contributed by atoms with van der Waals surface area (Å²) in [7, 11) is 0. The van der Waals surface area contributed by atoms with Gasteiger partial charge in [0.1, 0.15) is 5.60 Å². The Morgan fingerprint density at radius 1 is 1.06 bits per heavy atom. The molecule has 0 radical (unpaired) electrons. The summed E-state index contributed by atoms with van der Waals surface area (Å²) in [6.07, 6.45) is 3.97. The fraction of sp³-hybridized carbons (Fsp3) is 0.346.